The fraction of sp³-hybridized carbons (Fsp3) is 0.462. The molecule has 0 bridgehead atoms. The van der Waals surface area contributed by atoms with Gasteiger partial charge in [0, 0.05) is 5.92 Å². The third-order valence-electron chi connectivity index (χ3n) is 2.62. The lowest BCUT2D eigenvalue weighted by molar-refractivity contribution is 0.844. The van der Waals surface area contributed by atoms with Crippen LogP contribution in [-0.2, 0) is 0 Å². The van der Waals surface area contributed by atoms with E-state index in [9.17, 15) is 0 Å². The van der Waals surface area contributed by atoms with E-state index in [0.717, 1.165) is 0 Å². The molecule has 0 spiro atoms. The molecule has 0 fully saturated rings. The predicted octanol–water partition coefficient (Wildman–Crippen LogP) is 4.05. The zero-order chi connectivity index (χ0) is 9.84. The van der Waals surface area contributed by atoms with Crippen molar-refractivity contribution in [2.75, 3.05) is 0 Å². The molecular weight excluding hydrogens is 156 g/mol. The van der Waals surface area contributed by atoms with Gasteiger partial charge in [-0.1, -0.05) is 37.6 Å². The Hall–Kier alpha value is -0.780. The lowest BCUT2D eigenvalue weighted by atomic mass is 9.90. The topological polar surface area (TPSA) is 0 Å². The smallest absolute Gasteiger partial charge is 0.00471 e. The van der Waals surface area contributed by atoms with Gasteiger partial charge in [-0.05, 0) is 37.8 Å². The standard InChI is InChI=1S/C13H19/c1-5-12(6-2)13-8-7-10(3)9-11(13)4/h7-9H,5-6H2,1-4H3. The molecule has 71 valence electrons. The zero-order valence-electron chi connectivity index (χ0n) is 9.15. The largest absolute Gasteiger partial charge is 0.0645 e. The van der Waals surface area contributed by atoms with Gasteiger partial charge >= 0.3 is 0 Å². The van der Waals surface area contributed by atoms with E-state index >= 15 is 0 Å². The average Bonchev–Trinajstić information content (AvgIpc) is 2.10. The monoisotopic (exact) mass is 175 g/mol. The number of hydrogen-bond acceptors (Lipinski definition) is 0. The molecular formula is C13H19. The second-order valence-corrected chi connectivity index (χ2v) is 3.63. The van der Waals surface area contributed by atoms with Gasteiger partial charge in [0.15, 0.2) is 0 Å². The molecule has 0 aliphatic rings. The van der Waals surface area contributed by atoms with Crippen molar-refractivity contribution in [2.24, 2.45) is 0 Å². The van der Waals surface area contributed by atoms with Crippen LogP contribution in [0.3, 0.4) is 0 Å². The maximum absolute atomic E-state index is 2.26. The van der Waals surface area contributed by atoms with E-state index in [1.807, 2.05) is 0 Å². The quantitative estimate of drug-likeness (QED) is 0.650. The molecule has 0 saturated heterocycles. The number of hydrogen-bond donors (Lipinski definition) is 0. The third-order valence-corrected chi connectivity index (χ3v) is 2.62. The molecule has 13 heavy (non-hydrogen) atoms. The van der Waals surface area contributed by atoms with Crippen molar-refractivity contribution in [1.82, 2.24) is 0 Å². The van der Waals surface area contributed by atoms with Crippen LogP contribution in [0, 0.1) is 19.8 Å². The Morgan fingerprint density at radius 2 is 1.69 bits per heavy atom. The van der Waals surface area contributed by atoms with E-state index in [4.69, 9.17) is 0 Å². The van der Waals surface area contributed by atoms with Crippen molar-refractivity contribution in [3.8, 4) is 0 Å². The van der Waals surface area contributed by atoms with E-state index in [0.29, 0.717) is 0 Å². The average molecular weight is 175 g/mol. The molecule has 0 amide bonds. The Bertz CT molecular complexity index is 269. The van der Waals surface area contributed by atoms with Gasteiger partial charge < -0.3 is 0 Å². The molecule has 1 aromatic carbocycles. The lowest BCUT2D eigenvalue weighted by Crippen LogP contribution is -1.99. The molecule has 1 radical (unpaired) electrons. The molecule has 0 atom stereocenters. The summed E-state index contributed by atoms with van der Waals surface area (Å²) in [5.41, 5.74) is 4.22. The van der Waals surface area contributed by atoms with E-state index < -0.39 is 0 Å². The summed E-state index contributed by atoms with van der Waals surface area (Å²) < 4.78 is 0. The van der Waals surface area contributed by atoms with Crippen LogP contribution in [0.25, 0.3) is 0 Å². The Morgan fingerprint density at radius 1 is 1.08 bits per heavy atom. The van der Waals surface area contributed by atoms with Gasteiger partial charge in [-0.25, -0.2) is 0 Å². The van der Waals surface area contributed by atoms with Crippen molar-refractivity contribution in [3.05, 3.63) is 40.8 Å². The highest BCUT2D eigenvalue weighted by Crippen LogP contribution is 2.25. The first-order valence-electron chi connectivity index (χ1n) is 5.11. The molecule has 0 heterocycles. The summed E-state index contributed by atoms with van der Waals surface area (Å²) in [5.74, 6) is 1.57. The summed E-state index contributed by atoms with van der Waals surface area (Å²) in [5, 5.41) is 0. The molecule has 0 heteroatoms. The number of aryl methyl sites for hydroxylation is 2. The second-order valence-electron chi connectivity index (χ2n) is 3.63. The lowest BCUT2D eigenvalue weighted by Gasteiger charge is -2.15. The van der Waals surface area contributed by atoms with Crippen LogP contribution >= 0.6 is 0 Å². The normalized spacial score (nSPS) is 10.8. The van der Waals surface area contributed by atoms with Gasteiger partial charge in [0.2, 0.25) is 0 Å². The van der Waals surface area contributed by atoms with Gasteiger partial charge in [0.25, 0.3) is 0 Å². The summed E-state index contributed by atoms with van der Waals surface area (Å²) in [6, 6.07) is 6.72. The van der Waals surface area contributed by atoms with Crippen LogP contribution in [-0.4, -0.2) is 0 Å². The first-order chi connectivity index (χ1) is 6.19. The minimum atomic E-state index is 1.17. The van der Waals surface area contributed by atoms with E-state index in [1.54, 1.807) is 5.92 Å². The Labute approximate surface area is 82.0 Å². The van der Waals surface area contributed by atoms with Gasteiger partial charge in [-0.2, -0.15) is 0 Å². The highest BCUT2D eigenvalue weighted by molar-refractivity contribution is 5.39. The van der Waals surface area contributed by atoms with Gasteiger partial charge in [0.1, 0.15) is 0 Å². The van der Waals surface area contributed by atoms with Crippen molar-refractivity contribution < 1.29 is 0 Å². The Balaban J connectivity index is 2.99. The van der Waals surface area contributed by atoms with Crippen LogP contribution < -0.4 is 0 Å². The van der Waals surface area contributed by atoms with Crippen molar-refractivity contribution >= 4 is 0 Å². The summed E-state index contributed by atoms with van der Waals surface area (Å²) in [6.07, 6.45) is 2.33. The molecule has 1 aromatic rings. The molecule has 0 unspecified atom stereocenters. The maximum atomic E-state index is 2.26. The molecule has 0 aromatic heterocycles. The molecule has 0 N–H and O–H groups in total. The fourth-order valence-electron chi connectivity index (χ4n) is 1.84. The third kappa shape index (κ3) is 2.33. The Kier molecular flexibility index (Phi) is 3.53. The first kappa shape index (κ1) is 10.3. The molecule has 0 nitrogen and oxygen atoms in total. The van der Waals surface area contributed by atoms with Crippen LogP contribution in [0.4, 0.5) is 0 Å². The molecule has 1 rings (SSSR count). The number of benzene rings is 1. The predicted molar refractivity (Wildman–Crippen MR) is 58.8 cm³/mol. The highest BCUT2D eigenvalue weighted by Gasteiger charge is 2.09. The number of rotatable bonds is 3. The summed E-state index contributed by atoms with van der Waals surface area (Å²) in [4.78, 5) is 0. The SMILES string of the molecule is CC[C](CC)c1ccc(C)cc1C. The van der Waals surface area contributed by atoms with Crippen molar-refractivity contribution in [1.29, 1.82) is 0 Å². The molecule has 0 saturated carbocycles. The van der Waals surface area contributed by atoms with E-state index in [1.165, 1.54) is 29.5 Å². The molecule has 0 aliphatic heterocycles. The minimum Gasteiger partial charge on any atom is -0.0645 e. The van der Waals surface area contributed by atoms with Gasteiger partial charge in [-0.3, -0.25) is 0 Å². The summed E-state index contributed by atoms with van der Waals surface area (Å²) in [7, 11) is 0. The van der Waals surface area contributed by atoms with Crippen LogP contribution in [0.5, 0.6) is 0 Å². The highest BCUT2D eigenvalue weighted by atomic mass is 14.1. The molecule has 0 aliphatic carbocycles. The van der Waals surface area contributed by atoms with E-state index in [-0.39, 0.29) is 0 Å². The Morgan fingerprint density at radius 3 is 2.15 bits per heavy atom. The first-order valence-corrected chi connectivity index (χ1v) is 5.11. The van der Waals surface area contributed by atoms with Crippen molar-refractivity contribution in [2.45, 2.75) is 40.5 Å². The van der Waals surface area contributed by atoms with Crippen LogP contribution in [0.1, 0.15) is 43.4 Å². The van der Waals surface area contributed by atoms with Crippen LogP contribution in [0.2, 0.25) is 0 Å². The van der Waals surface area contributed by atoms with Gasteiger partial charge in [-0.15, -0.1) is 0 Å². The summed E-state index contributed by atoms with van der Waals surface area (Å²) in [6.45, 7) is 8.82. The van der Waals surface area contributed by atoms with Crippen LogP contribution in [0.15, 0.2) is 18.2 Å². The second kappa shape index (κ2) is 4.45. The fourth-order valence-corrected chi connectivity index (χ4v) is 1.84. The van der Waals surface area contributed by atoms with Gasteiger partial charge in [0.05, 0.1) is 0 Å². The zero-order valence-corrected chi connectivity index (χ0v) is 9.15. The minimum absolute atomic E-state index is 1.17. The van der Waals surface area contributed by atoms with E-state index in [2.05, 4.69) is 45.9 Å². The maximum Gasteiger partial charge on any atom is 0.00471 e. The summed E-state index contributed by atoms with van der Waals surface area (Å²) >= 11 is 0. The van der Waals surface area contributed by atoms with Crippen molar-refractivity contribution in [3.63, 3.8) is 0 Å².